The third kappa shape index (κ3) is 7.35. The molecule has 4 rings (SSSR count). The number of rotatable bonds is 12. The molecule has 0 spiro atoms. The van der Waals surface area contributed by atoms with Gasteiger partial charge in [-0.25, -0.2) is 0 Å². The molecule has 0 aliphatic carbocycles. The Morgan fingerprint density at radius 2 is 1.52 bits per heavy atom. The summed E-state index contributed by atoms with van der Waals surface area (Å²) in [5, 5.41) is 12.6. The van der Waals surface area contributed by atoms with Crippen LogP contribution in [0.5, 0.6) is 0 Å². The first-order chi connectivity index (χ1) is 19.4. The molecule has 0 unspecified atom stereocenters. The number of nitrogens with zero attached hydrogens (tertiary/aromatic N) is 1. The van der Waals surface area contributed by atoms with Gasteiger partial charge in [0.2, 0.25) is 5.91 Å². The number of carboxylic acid groups (broad SMARTS) is 1. The highest BCUT2D eigenvalue weighted by Crippen LogP contribution is 2.25. The topological polar surface area (TPSA) is 88.4 Å². The van der Waals surface area contributed by atoms with E-state index < -0.39 is 18.1 Å². The fourth-order valence-corrected chi connectivity index (χ4v) is 5.02. The van der Waals surface area contributed by atoms with Gasteiger partial charge < -0.3 is 15.0 Å². The van der Waals surface area contributed by atoms with Crippen molar-refractivity contribution in [1.29, 1.82) is 0 Å². The fourth-order valence-electron chi connectivity index (χ4n) is 5.02. The second-order valence-corrected chi connectivity index (χ2v) is 10.2. The summed E-state index contributed by atoms with van der Waals surface area (Å²) in [6, 6.07) is 27.6. The highest BCUT2D eigenvalue weighted by Gasteiger charge is 2.26. The van der Waals surface area contributed by atoms with E-state index in [2.05, 4.69) is 5.32 Å². The third-order valence-corrected chi connectivity index (χ3v) is 7.08. The normalized spacial score (nSPS) is 12.4. The zero-order chi connectivity index (χ0) is 28.5. The summed E-state index contributed by atoms with van der Waals surface area (Å²) in [7, 11) is 0. The van der Waals surface area contributed by atoms with Crippen LogP contribution in [0.15, 0.2) is 102 Å². The van der Waals surface area contributed by atoms with Crippen molar-refractivity contribution in [2.24, 2.45) is 0 Å². The minimum absolute atomic E-state index is 0.201. The Kier molecular flexibility index (Phi) is 9.68. The van der Waals surface area contributed by atoms with Gasteiger partial charge in [0.15, 0.2) is 0 Å². The van der Waals surface area contributed by atoms with E-state index >= 15 is 0 Å². The van der Waals surface area contributed by atoms with Crippen molar-refractivity contribution in [2.75, 3.05) is 0 Å². The zero-order valence-electron chi connectivity index (χ0n) is 23.0. The van der Waals surface area contributed by atoms with Crippen molar-refractivity contribution < 1.29 is 14.7 Å². The molecule has 6 nitrogen and oxygen atoms in total. The van der Waals surface area contributed by atoms with Gasteiger partial charge in [0.1, 0.15) is 6.04 Å². The van der Waals surface area contributed by atoms with E-state index in [-0.39, 0.29) is 17.9 Å². The first-order valence-electron chi connectivity index (χ1n) is 13.8. The van der Waals surface area contributed by atoms with Gasteiger partial charge in [-0.3, -0.25) is 14.4 Å². The molecule has 2 atom stereocenters. The minimum Gasteiger partial charge on any atom is -0.481 e. The van der Waals surface area contributed by atoms with Crippen molar-refractivity contribution in [1.82, 2.24) is 9.88 Å². The average molecular weight is 537 g/mol. The van der Waals surface area contributed by atoms with E-state index in [0.29, 0.717) is 24.0 Å². The maximum Gasteiger partial charge on any atom is 0.305 e. The Labute approximate surface area is 235 Å². The van der Waals surface area contributed by atoms with Gasteiger partial charge in [-0.1, -0.05) is 105 Å². The van der Waals surface area contributed by atoms with Gasteiger partial charge >= 0.3 is 5.97 Å². The predicted octanol–water partition coefficient (Wildman–Crippen LogP) is 6.48. The van der Waals surface area contributed by atoms with Gasteiger partial charge in [-0.05, 0) is 47.2 Å². The number of unbranched alkanes of at least 4 members (excludes halogenated alkanes) is 1. The lowest BCUT2D eigenvalue weighted by atomic mass is 9.98. The third-order valence-electron chi connectivity index (χ3n) is 7.08. The van der Waals surface area contributed by atoms with Crippen LogP contribution in [0.25, 0.3) is 11.1 Å². The lowest BCUT2D eigenvalue weighted by molar-refractivity contribution is -0.137. The second kappa shape index (κ2) is 13.6. The van der Waals surface area contributed by atoms with Crippen LogP contribution in [0.2, 0.25) is 0 Å². The number of benzene rings is 3. The standard InChI is InChI=1S/C34H36N2O4/c1-3-4-15-31(36-23-24(2)20-29(34(36)40)21-25-11-7-5-8-12-25)33(39)35-30(22-32(37)38)28-18-16-27(17-19-28)26-13-9-6-10-14-26/h5-14,16-20,23,30-31H,3-4,15,21-22H2,1-2H3,(H,35,39)(H,37,38)/t30-,31+/m0/s1. The van der Waals surface area contributed by atoms with E-state index in [4.69, 9.17) is 0 Å². The van der Waals surface area contributed by atoms with Crippen molar-refractivity contribution in [3.63, 3.8) is 0 Å². The summed E-state index contributed by atoms with van der Waals surface area (Å²) in [6.07, 6.45) is 4.03. The molecule has 0 aliphatic heterocycles. The number of aliphatic carboxylic acids is 1. The Bertz CT molecular complexity index is 1480. The first kappa shape index (κ1) is 28.6. The van der Waals surface area contributed by atoms with Crippen LogP contribution in [0.4, 0.5) is 0 Å². The number of aromatic nitrogens is 1. The molecular weight excluding hydrogens is 500 g/mol. The molecule has 6 heteroatoms. The van der Waals surface area contributed by atoms with E-state index in [1.165, 1.54) is 4.57 Å². The van der Waals surface area contributed by atoms with Crippen LogP contribution in [0.3, 0.4) is 0 Å². The summed E-state index contributed by atoms with van der Waals surface area (Å²) in [6.45, 7) is 3.96. The highest BCUT2D eigenvalue weighted by molar-refractivity contribution is 5.81. The second-order valence-electron chi connectivity index (χ2n) is 10.2. The van der Waals surface area contributed by atoms with Crippen LogP contribution in [0, 0.1) is 6.92 Å². The van der Waals surface area contributed by atoms with Gasteiger partial charge in [0, 0.05) is 18.2 Å². The van der Waals surface area contributed by atoms with Crippen molar-refractivity contribution in [3.05, 3.63) is 130 Å². The minimum atomic E-state index is -1.01. The number of amides is 1. The molecule has 0 fully saturated rings. The largest absolute Gasteiger partial charge is 0.481 e. The summed E-state index contributed by atoms with van der Waals surface area (Å²) < 4.78 is 1.54. The van der Waals surface area contributed by atoms with Crippen molar-refractivity contribution >= 4 is 11.9 Å². The summed E-state index contributed by atoms with van der Waals surface area (Å²) in [5.41, 5.74) is 5.09. The number of hydrogen-bond acceptors (Lipinski definition) is 3. The summed E-state index contributed by atoms with van der Waals surface area (Å²) in [5.74, 6) is -1.37. The number of carboxylic acids is 1. The Hall–Kier alpha value is -4.45. The molecule has 206 valence electrons. The van der Waals surface area contributed by atoms with Crippen molar-refractivity contribution in [3.8, 4) is 11.1 Å². The quantitative estimate of drug-likeness (QED) is 0.217. The van der Waals surface area contributed by atoms with E-state index in [1.54, 1.807) is 6.20 Å². The molecule has 0 radical (unpaired) electrons. The van der Waals surface area contributed by atoms with Gasteiger partial charge in [0.25, 0.3) is 5.56 Å². The molecule has 0 saturated heterocycles. The molecule has 3 aromatic carbocycles. The monoisotopic (exact) mass is 536 g/mol. The molecule has 2 N–H and O–H groups in total. The van der Waals surface area contributed by atoms with Gasteiger partial charge in [-0.2, -0.15) is 0 Å². The average Bonchev–Trinajstić information content (AvgIpc) is 2.96. The molecule has 1 amide bonds. The predicted molar refractivity (Wildman–Crippen MR) is 158 cm³/mol. The lowest BCUT2D eigenvalue weighted by Crippen LogP contribution is -2.40. The number of carbonyl (C=O) groups is 2. The Balaban J connectivity index is 1.63. The van der Waals surface area contributed by atoms with Crippen LogP contribution >= 0.6 is 0 Å². The van der Waals surface area contributed by atoms with Crippen LogP contribution in [-0.2, 0) is 16.0 Å². The molecule has 0 saturated carbocycles. The Morgan fingerprint density at radius 3 is 2.15 bits per heavy atom. The maximum atomic E-state index is 13.8. The van der Waals surface area contributed by atoms with Crippen LogP contribution in [0.1, 0.15) is 66.9 Å². The first-order valence-corrected chi connectivity index (χ1v) is 13.8. The molecular formula is C34H36N2O4. The van der Waals surface area contributed by atoms with E-state index in [1.807, 2.05) is 105 Å². The number of pyridine rings is 1. The van der Waals surface area contributed by atoms with E-state index in [0.717, 1.165) is 35.1 Å². The summed E-state index contributed by atoms with van der Waals surface area (Å²) in [4.78, 5) is 39.2. The number of nitrogens with one attached hydrogen (secondary N) is 1. The Morgan fingerprint density at radius 1 is 0.900 bits per heavy atom. The SMILES string of the molecule is CCCC[C@H](C(=O)N[C@@H](CC(=O)O)c1ccc(-c2ccccc2)cc1)n1cc(C)cc(Cc2ccccc2)c1=O. The van der Waals surface area contributed by atoms with Crippen molar-refractivity contribution in [2.45, 2.75) is 58.0 Å². The lowest BCUT2D eigenvalue weighted by Gasteiger charge is -2.25. The molecule has 40 heavy (non-hydrogen) atoms. The molecule has 4 aromatic rings. The zero-order valence-corrected chi connectivity index (χ0v) is 23.0. The number of aryl methyl sites for hydroxylation is 1. The molecule has 0 aliphatic rings. The number of carbonyl (C=O) groups excluding carboxylic acids is 1. The molecule has 0 bridgehead atoms. The highest BCUT2D eigenvalue weighted by atomic mass is 16.4. The fraction of sp³-hybridized carbons (Fsp3) is 0.265. The smallest absolute Gasteiger partial charge is 0.305 e. The van der Waals surface area contributed by atoms with Crippen LogP contribution < -0.4 is 10.9 Å². The van der Waals surface area contributed by atoms with E-state index in [9.17, 15) is 19.5 Å². The van der Waals surface area contributed by atoms with Crippen LogP contribution in [-0.4, -0.2) is 21.6 Å². The molecule has 1 heterocycles. The van der Waals surface area contributed by atoms with Gasteiger partial charge in [-0.15, -0.1) is 0 Å². The molecule has 1 aromatic heterocycles. The summed E-state index contributed by atoms with van der Waals surface area (Å²) >= 11 is 0. The number of hydrogen-bond donors (Lipinski definition) is 2. The maximum absolute atomic E-state index is 13.8. The van der Waals surface area contributed by atoms with Gasteiger partial charge in [0.05, 0.1) is 12.5 Å².